The third-order valence-corrected chi connectivity index (χ3v) is 4.64. The predicted molar refractivity (Wildman–Crippen MR) is 98.0 cm³/mol. The summed E-state index contributed by atoms with van der Waals surface area (Å²) in [5, 5.41) is 12.2. The van der Waals surface area contributed by atoms with Crippen molar-refractivity contribution in [2.45, 2.75) is 64.6 Å². The van der Waals surface area contributed by atoms with E-state index >= 15 is 0 Å². The van der Waals surface area contributed by atoms with Crippen LogP contribution in [-0.2, 0) is 6.54 Å². The first-order valence-electron chi connectivity index (χ1n) is 9.06. The first-order chi connectivity index (χ1) is 11.5. The van der Waals surface area contributed by atoms with E-state index in [0.29, 0.717) is 19.1 Å². The van der Waals surface area contributed by atoms with Crippen LogP contribution in [0, 0.1) is 11.3 Å². The van der Waals surface area contributed by atoms with Crippen molar-refractivity contribution >= 4 is 0 Å². The zero-order chi connectivity index (χ0) is 17.4. The standard InChI is InChI=1S/C20H31N3O/c1-20(2,3)23-12-9-18(10-13-23)22-16-17-7-6-8-19(15-17)24-14-5-4-11-21/h6-8,15,18,22H,4-5,9-10,12-14,16H2,1-3H3. The van der Waals surface area contributed by atoms with Gasteiger partial charge in [0.25, 0.3) is 0 Å². The lowest BCUT2D eigenvalue weighted by Crippen LogP contribution is -2.49. The lowest BCUT2D eigenvalue weighted by Gasteiger charge is -2.41. The third kappa shape index (κ3) is 6.14. The normalized spacial score (nSPS) is 16.8. The molecule has 4 nitrogen and oxygen atoms in total. The number of likely N-dealkylation sites (tertiary alicyclic amines) is 1. The number of hydrogen-bond donors (Lipinski definition) is 1. The van der Waals surface area contributed by atoms with Gasteiger partial charge in [0.2, 0.25) is 0 Å². The van der Waals surface area contributed by atoms with E-state index < -0.39 is 0 Å². The maximum absolute atomic E-state index is 8.55. The Hall–Kier alpha value is -1.57. The summed E-state index contributed by atoms with van der Waals surface area (Å²) in [7, 11) is 0. The van der Waals surface area contributed by atoms with Gasteiger partial charge in [0.1, 0.15) is 5.75 Å². The van der Waals surface area contributed by atoms with Crippen LogP contribution in [0.5, 0.6) is 5.75 Å². The van der Waals surface area contributed by atoms with Crippen LogP contribution < -0.4 is 10.1 Å². The van der Waals surface area contributed by atoms with Crippen molar-refractivity contribution < 1.29 is 4.74 Å². The molecule has 132 valence electrons. The number of ether oxygens (including phenoxy) is 1. The lowest BCUT2D eigenvalue weighted by atomic mass is 9.98. The topological polar surface area (TPSA) is 48.3 Å². The summed E-state index contributed by atoms with van der Waals surface area (Å²) in [5.74, 6) is 0.898. The van der Waals surface area contributed by atoms with Crippen LogP contribution in [0.25, 0.3) is 0 Å². The molecule has 1 aliphatic rings. The van der Waals surface area contributed by atoms with Crippen molar-refractivity contribution in [2.24, 2.45) is 0 Å². The maximum Gasteiger partial charge on any atom is 0.119 e. The molecule has 0 unspecified atom stereocenters. The molecule has 0 aliphatic carbocycles. The van der Waals surface area contributed by atoms with Crippen LogP contribution in [0.3, 0.4) is 0 Å². The summed E-state index contributed by atoms with van der Waals surface area (Å²) < 4.78 is 5.71. The molecule has 0 amide bonds. The molecule has 0 spiro atoms. The second kappa shape index (κ2) is 9.05. The summed E-state index contributed by atoms with van der Waals surface area (Å²) in [5.41, 5.74) is 1.54. The van der Waals surface area contributed by atoms with Crippen molar-refractivity contribution in [1.29, 1.82) is 5.26 Å². The lowest BCUT2D eigenvalue weighted by molar-refractivity contribution is 0.0960. The Morgan fingerprint density at radius 1 is 1.29 bits per heavy atom. The molecule has 1 aromatic rings. The molecule has 0 bridgehead atoms. The SMILES string of the molecule is CC(C)(C)N1CCC(NCc2cccc(OCCCC#N)c2)CC1. The Balaban J connectivity index is 1.74. The van der Waals surface area contributed by atoms with E-state index in [-0.39, 0.29) is 5.54 Å². The molecule has 1 saturated heterocycles. The van der Waals surface area contributed by atoms with Gasteiger partial charge in [-0.15, -0.1) is 0 Å². The van der Waals surface area contributed by atoms with Crippen LogP contribution in [0.15, 0.2) is 24.3 Å². The van der Waals surface area contributed by atoms with E-state index in [1.54, 1.807) is 0 Å². The van der Waals surface area contributed by atoms with Gasteiger partial charge in [0, 0.05) is 37.6 Å². The van der Waals surface area contributed by atoms with E-state index in [1.165, 1.54) is 31.5 Å². The fraction of sp³-hybridized carbons (Fsp3) is 0.650. The number of nitriles is 1. The van der Waals surface area contributed by atoms with Gasteiger partial charge in [-0.2, -0.15) is 5.26 Å². The number of nitrogens with one attached hydrogen (secondary N) is 1. The highest BCUT2D eigenvalue weighted by atomic mass is 16.5. The average Bonchev–Trinajstić information content (AvgIpc) is 2.57. The summed E-state index contributed by atoms with van der Waals surface area (Å²) in [6, 6.07) is 11.0. The van der Waals surface area contributed by atoms with Gasteiger partial charge in [0.15, 0.2) is 0 Å². The molecular weight excluding hydrogens is 298 g/mol. The van der Waals surface area contributed by atoms with Gasteiger partial charge in [-0.25, -0.2) is 0 Å². The first kappa shape index (κ1) is 18.8. The van der Waals surface area contributed by atoms with Crippen LogP contribution in [-0.4, -0.2) is 36.2 Å². The minimum absolute atomic E-state index is 0.280. The van der Waals surface area contributed by atoms with E-state index in [0.717, 1.165) is 18.7 Å². The summed E-state index contributed by atoms with van der Waals surface area (Å²) in [6.45, 7) is 10.7. The Kier molecular flexibility index (Phi) is 7.08. The van der Waals surface area contributed by atoms with Gasteiger partial charge in [0.05, 0.1) is 12.7 Å². The minimum Gasteiger partial charge on any atom is -0.494 e. The van der Waals surface area contributed by atoms with E-state index in [2.05, 4.69) is 49.2 Å². The molecule has 1 aliphatic heterocycles. The number of hydrogen-bond acceptors (Lipinski definition) is 4. The highest BCUT2D eigenvalue weighted by molar-refractivity contribution is 5.28. The van der Waals surface area contributed by atoms with Gasteiger partial charge in [-0.05, 0) is 57.7 Å². The van der Waals surface area contributed by atoms with Gasteiger partial charge < -0.3 is 10.1 Å². The summed E-state index contributed by atoms with van der Waals surface area (Å²) >= 11 is 0. The maximum atomic E-state index is 8.55. The fourth-order valence-electron chi connectivity index (χ4n) is 3.10. The minimum atomic E-state index is 0.280. The smallest absolute Gasteiger partial charge is 0.119 e. The molecule has 2 rings (SSSR count). The molecule has 0 radical (unpaired) electrons. The second-order valence-corrected chi connectivity index (χ2v) is 7.57. The predicted octanol–water partition coefficient (Wildman–Crippen LogP) is 3.72. The average molecular weight is 329 g/mol. The van der Waals surface area contributed by atoms with E-state index in [9.17, 15) is 0 Å². The molecule has 0 atom stereocenters. The van der Waals surface area contributed by atoms with Crippen molar-refractivity contribution in [3.8, 4) is 11.8 Å². The molecule has 24 heavy (non-hydrogen) atoms. The van der Waals surface area contributed by atoms with Crippen LogP contribution >= 0.6 is 0 Å². The quantitative estimate of drug-likeness (QED) is 0.775. The first-order valence-corrected chi connectivity index (χ1v) is 9.06. The Morgan fingerprint density at radius 3 is 2.71 bits per heavy atom. The molecule has 0 saturated carbocycles. The van der Waals surface area contributed by atoms with Crippen molar-refractivity contribution in [1.82, 2.24) is 10.2 Å². The van der Waals surface area contributed by atoms with Crippen LogP contribution in [0.2, 0.25) is 0 Å². The van der Waals surface area contributed by atoms with Gasteiger partial charge in [-0.3, -0.25) is 4.90 Å². The highest BCUT2D eigenvalue weighted by Gasteiger charge is 2.26. The third-order valence-electron chi connectivity index (χ3n) is 4.64. The summed E-state index contributed by atoms with van der Waals surface area (Å²) in [6.07, 6.45) is 3.75. The number of benzene rings is 1. The highest BCUT2D eigenvalue weighted by Crippen LogP contribution is 2.20. The van der Waals surface area contributed by atoms with Crippen LogP contribution in [0.4, 0.5) is 0 Å². The molecular formula is C20H31N3O. The Bertz CT molecular complexity index is 537. The zero-order valence-electron chi connectivity index (χ0n) is 15.3. The van der Waals surface area contributed by atoms with Crippen molar-refractivity contribution in [2.75, 3.05) is 19.7 Å². The Labute approximate surface area is 146 Å². The summed E-state index contributed by atoms with van der Waals surface area (Å²) in [4.78, 5) is 2.57. The van der Waals surface area contributed by atoms with E-state index in [4.69, 9.17) is 10.00 Å². The monoisotopic (exact) mass is 329 g/mol. The number of rotatable bonds is 7. The molecule has 1 fully saturated rings. The van der Waals surface area contributed by atoms with Gasteiger partial charge in [-0.1, -0.05) is 12.1 Å². The largest absolute Gasteiger partial charge is 0.494 e. The van der Waals surface area contributed by atoms with Gasteiger partial charge >= 0.3 is 0 Å². The molecule has 1 aromatic carbocycles. The van der Waals surface area contributed by atoms with Crippen molar-refractivity contribution in [3.05, 3.63) is 29.8 Å². The Morgan fingerprint density at radius 2 is 2.04 bits per heavy atom. The van der Waals surface area contributed by atoms with E-state index in [1.807, 2.05) is 12.1 Å². The fourth-order valence-corrected chi connectivity index (χ4v) is 3.10. The molecule has 4 heteroatoms. The number of nitrogens with zero attached hydrogens (tertiary/aromatic N) is 2. The number of piperidine rings is 1. The van der Waals surface area contributed by atoms with Crippen molar-refractivity contribution in [3.63, 3.8) is 0 Å². The second-order valence-electron chi connectivity index (χ2n) is 7.57. The number of unbranched alkanes of at least 4 members (excludes halogenated alkanes) is 1. The molecule has 1 N–H and O–H groups in total. The zero-order valence-corrected chi connectivity index (χ0v) is 15.3. The molecule has 0 aromatic heterocycles. The molecule has 1 heterocycles. The van der Waals surface area contributed by atoms with Crippen LogP contribution in [0.1, 0.15) is 52.0 Å².